The SMILES string of the molecule is CCC(C)NC(=O)C(CC)N(Cc1ccc(Cl)c(Cl)c1)C(=O)CN(c1ccc(Br)c(C)c1)S(C)(=O)=O. The molecule has 2 aromatic rings. The van der Waals surface area contributed by atoms with E-state index in [1.54, 1.807) is 36.4 Å². The number of nitrogens with zero attached hydrogens (tertiary/aromatic N) is 2. The Morgan fingerprint density at radius 2 is 1.72 bits per heavy atom. The van der Waals surface area contributed by atoms with Gasteiger partial charge in [0, 0.05) is 17.1 Å². The molecule has 0 heterocycles. The van der Waals surface area contributed by atoms with Gasteiger partial charge in [0.2, 0.25) is 21.8 Å². The Kier molecular flexibility index (Phi) is 11.1. The third-order valence-corrected chi connectivity index (χ3v) is 8.60. The Hall–Kier alpha value is -1.81. The third kappa shape index (κ3) is 8.10. The second-order valence-electron chi connectivity index (χ2n) is 8.72. The van der Waals surface area contributed by atoms with Gasteiger partial charge >= 0.3 is 0 Å². The van der Waals surface area contributed by atoms with Crippen LogP contribution in [-0.2, 0) is 26.2 Å². The van der Waals surface area contributed by atoms with Crippen molar-refractivity contribution in [3.05, 3.63) is 62.0 Å². The number of carbonyl (C=O) groups is 2. The fraction of sp³-hybridized carbons (Fsp3) is 0.440. The van der Waals surface area contributed by atoms with Crippen molar-refractivity contribution in [2.45, 2.75) is 59.2 Å². The molecule has 0 saturated carbocycles. The highest BCUT2D eigenvalue weighted by molar-refractivity contribution is 9.10. The van der Waals surface area contributed by atoms with Crippen molar-refractivity contribution >= 4 is 66.7 Å². The fourth-order valence-electron chi connectivity index (χ4n) is 3.59. The monoisotopic (exact) mass is 619 g/mol. The van der Waals surface area contributed by atoms with Crippen molar-refractivity contribution in [2.75, 3.05) is 17.1 Å². The number of amides is 2. The molecule has 0 aliphatic heterocycles. The molecule has 0 spiro atoms. The van der Waals surface area contributed by atoms with Gasteiger partial charge in [-0.2, -0.15) is 0 Å². The largest absolute Gasteiger partial charge is 0.352 e. The van der Waals surface area contributed by atoms with E-state index in [0.29, 0.717) is 27.7 Å². The fourth-order valence-corrected chi connectivity index (χ4v) is 5.00. The Balaban J connectivity index is 2.48. The predicted molar refractivity (Wildman–Crippen MR) is 150 cm³/mol. The molecule has 1 N–H and O–H groups in total. The average Bonchev–Trinajstić information content (AvgIpc) is 2.80. The van der Waals surface area contributed by atoms with Crippen molar-refractivity contribution in [3.8, 4) is 0 Å². The first-order valence-corrected chi connectivity index (χ1v) is 15.0. The summed E-state index contributed by atoms with van der Waals surface area (Å²) in [5, 5.41) is 3.62. The first-order valence-electron chi connectivity index (χ1n) is 11.6. The molecular formula is C25H32BrCl2N3O4S. The standard InChI is InChI=1S/C25H32BrCl2N3O4S/c1-6-17(4)29-25(33)23(7-2)30(14-18-8-11-21(27)22(28)13-18)24(32)15-31(36(5,34)35)19-9-10-20(26)16(3)12-19/h8-13,17,23H,6-7,14-15H2,1-5H3,(H,29,33). The number of rotatable bonds is 11. The van der Waals surface area contributed by atoms with Crippen LogP contribution in [0.1, 0.15) is 44.7 Å². The molecule has 7 nitrogen and oxygen atoms in total. The van der Waals surface area contributed by atoms with E-state index in [2.05, 4.69) is 21.2 Å². The molecule has 0 bridgehead atoms. The van der Waals surface area contributed by atoms with Gasteiger partial charge in [-0.15, -0.1) is 0 Å². The molecule has 0 radical (unpaired) electrons. The van der Waals surface area contributed by atoms with E-state index < -0.39 is 28.5 Å². The zero-order valence-electron chi connectivity index (χ0n) is 21.0. The lowest BCUT2D eigenvalue weighted by atomic mass is 10.1. The van der Waals surface area contributed by atoms with E-state index in [0.717, 1.165) is 27.0 Å². The smallest absolute Gasteiger partial charge is 0.244 e. The van der Waals surface area contributed by atoms with Crippen LogP contribution in [0.15, 0.2) is 40.9 Å². The summed E-state index contributed by atoms with van der Waals surface area (Å²) in [4.78, 5) is 28.3. The maximum atomic E-state index is 13.7. The molecule has 2 unspecified atom stereocenters. The predicted octanol–water partition coefficient (Wildman–Crippen LogP) is 5.55. The Bertz CT molecular complexity index is 1210. The maximum Gasteiger partial charge on any atom is 0.244 e. The summed E-state index contributed by atoms with van der Waals surface area (Å²) in [6.07, 6.45) is 2.12. The molecule has 0 aliphatic rings. The molecule has 0 aliphatic carbocycles. The summed E-state index contributed by atoms with van der Waals surface area (Å²) >= 11 is 15.6. The second kappa shape index (κ2) is 13.1. The van der Waals surface area contributed by atoms with Gasteiger partial charge < -0.3 is 10.2 Å². The molecule has 2 atom stereocenters. The van der Waals surface area contributed by atoms with Gasteiger partial charge in [0.05, 0.1) is 22.0 Å². The minimum Gasteiger partial charge on any atom is -0.352 e. The van der Waals surface area contributed by atoms with E-state index in [-0.39, 0.29) is 18.5 Å². The summed E-state index contributed by atoms with van der Waals surface area (Å²) in [5.41, 5.74) is 1.84. The summed E-state index contributed by atoms with van der Waals surface area (Å²) < 4.78 is 27.3. The number of hydrogen-bond acceptors (Lipinski definition) is 4. The molecule has 2 amide bonds. The van der Waals surface area contributed by atoms with Crippen molar-refractivity contribution in [1.29, 1.82) is 0 Å². The highest BCUT2D eigenvalue weighted by Crippen LogP contribution is 2.26. The van der Waals surface area contributed by atoms with Crippen molar-refractivity contribution in [2.24, 2.45) is 0 Å². The minimum absolute atomic E-state index is 0.0547. The molecule has 0 aromatic heterocycles. The number of halogens is 3. The summed E-state index contributed by atoms with van der Waals surface area (Å²) in [5.74, 6) is -0.816. The van der Waals surface area contributed by atoms with Crippen LogP contribution < -0.4 is 9.62 Å². The van der Waals surface area contributed by atoms with Crippen LogP contribution in [0.25, 0.3) is 0 Å². The highest BCUT2D eigenvalue weighted by atomic mass is 79.9. The van der Waals surface area contributed by atoms with Crippen molar-refractivity contribution in [1.82, 2.24) is 10.2 Å². The number of hydrogen-bond donors (Lipinski definition) is 1. The zero-order valence-corrected chi connectivity index (χ0v) is 24.9. The van der Waals surface area contributed by atoms with Gasteiger partial charge in [-0.1, -0.05) is 59.0 Å². The summed E-state index contributed by atoms with van der Waals surface area (Å²) in [6, 6.07) is 9.14. The molecule has 36 heavy (non-hydrogen) atoms. The molecule has 0 fully saturated rings. The maximum absolute atomic E-state index is 13.7. The molecule has 2 rings (SSSR count). The second-order valence-corrected chi connectivity index (χ2v) is 12.3. The minimum atomic E-state index is -3.81. The van der Waals surface area contributed by atoms with Crippen molar-refractivity contribution < 1.29 is 18.0 Å². The normalized spacial score (nSPS) is 13.1. The number of anilines is 1. The topological polar surface area (TPSA) is 86.8 Å². The number of benzene rings is 2. The van der Waals surface area contributed by atoms with Crippen LogP contribution in [0.4, 0.5) is 5.69 Å². The van der Waals surface area contributed by atoms with Gasteiger partial charge in [-0.05, 0) is 68.1 Å². The first kappa shape index (κ1) is 30.4. The van der Waals surface area contributed by atoms with Gasteiger partial charge in [0.25, 0.3) is 0 Å². The first-order chi connectivity index (χ1) is 16.8. The zero-order chi connectivity index (χ0) is 27.2. The Labute approximate surface area is 232 Å². The summed E-state index contributed by atoms with van der Waals surface area (Å²) in [6.45, 7) is 7.07. The van der Waals surface area contributed by atoms with E-state index in [4.69, 9.17) is 23.2 Å². The van der Waals surface area contributed by atoms with Gasteiger partial charge in [-0.25, -0.2) is 8.42 Å². The van der Waals surface area contributed by atoms with Crippen molar-refractivity contribution in [3.63, 3.8) is 0 Å². The van der Waals surface area contributed by atoms with Gasteiger partial charge in [-0.3, -0.25) is 13.9 Å². The van der Waals surface area contributed by atoms with Crippen LogP contribution >= 0.6 is 39.1 Å². The lowest BCUT2D eigenvalue weighted by Gasteiger charge is -2.33. The third-order valence-electron chi connectivity index (χ3n) is 5.83. The number of nitrogens with one attached hydrogen (secondary N) is 1. The van der Waals surface area contributed by atoms with Crippen LogP contribution in [0.3, 0.4) is 0 Å². The number of carbonyl (C=O) groups excluding carboxylic acids is 2. The Morgan fingerprint density at radius 3 is 2.25 bits per heavy atom. The molecule has 11 heteroatoms. The van der Waals surface area contributed by atoms with Gasteiger partial charge in [0.15, 0.2) is 0 Å². The van der Waals surface area contributed by atoms with Crippen LogP contribution in [0, 0.1) is 6.92 Å². The van der Waals surface area contributed by atoms with E-state index in [9.17, 15) is 18.0 Å². The molecule has 198 valence electrons. The molecule has 2 aromatic carbocycles. The number of aryl methyl sites for hydroxylation is 1. The van der Waals surface area contributed by atoms with Crippen LogP contribution in [0.2, 0.25) is 10.0 Å². The van der Waals surface area contributed by atoms with Gasteiger partial charge in [0.1, 0.15) is 12.6 Å². The van der Waals surface area contributed by atoms with E-state index in [1.807, 2.05) is 27.7 Å². The lowest BCUT2D eigenvalue weighted by molar-refractivity contribution is -0.140. The molecule has 0 saturated heterocycles. The van der Waals surface area contributed by atoms with E-state index in [1.165, 1.54) is 4.90 Å². The van der Waals surface area contributed by atoms with E-state index >= 15 is 0 Å². The average molecular weight is 621 g/mol. The van der Waals surface area contributed by atoms with Crippen LogP contribution in [-0.4, -0.2) is 50.0 Å². The van der Waals surface area contributed by atoms with Crippen LogP contribution in [0.5, 0.6) is 0 Å². The number of sulfonamides is 1. The lowest BCUT2D eigenvalue weighted by Crippen LogP contribution is -2.53. The Morgan fingerprint density at radius 1 is 1.06 bits per heavy atom. The highest BCUT2D eigenvalue weighted by Gasteiger charge is 2.32. The summed E-state index contributed by atoms with van der Waals surface area (Å²) in [7, 11) is -3.81. The quantitative estimate of drug-likeness (QED) is 0.357. The molecular weight excluding hydrogens is 589 g/mol.